The van der Waals surface area contributed by atoms with Crippen molar-refractivity contribution in [3.63, 3.8) is 0 Å². The van der Waals surface area contributed by atoms with E-state index in [9.17, 15) is 13.2 Å². The minimum Gasteiger partial charge on any atom is -0.298 e. The molecule has 0 saturated carbocycles. The van der Waals surface area contributed by atoms with Crippen LogP contribution in [0.5, 0.6) is 0 Å². The van der Waals surface area contributed by atoms with Crippen LogP contribution in [0.3, 0.4) is 0 Å². The molecule has 0 amide bonds. The second kappa shape index (κ2) is 6.53. The third kappa shape index (κ3) is 4.19. The maximum absolute atomic E-state index is 12.5. The van der Waals surface area contributed by atoms with Crippen LogP contribution >= 0.6 is 0 Å². The van der Waals surface area contributed by atoms with Crippen LogP contribution in [0.4, 0.5) is 0 Å². The van der Waals surface area contributed by atoms with Gasteiger partial charge < -0.3 is 0 Å². The molecule has 1 aromatic carbocycles. The monoisotopic (exact) mass is 324 g/mol. The zero-order valence-electron chi connectivity index (χ0n) is 14.6. The van der Waals surface area contributed by atoms with Gasteiger partial charge >= 0.3 is 0 Å². The standard InChI is InChI=1S/C18H28O3S/c1-7-12-22(20,21)18(5,6)16(19)13-14-8-10-15(11-9-14)17(2,3)4/h8-11H,7,12-13H2,1-6H3. The Morgan fingerprint density at radius 3 is 1.91 bits per heavy atom. The molecule has 0 aliphatic carbocycles. The predicted octanol–water partition coefficient (Wildman–Crippen LogP) is 3.70. The molecular formula is C18H28O3S. The van der Waals surface area contributed by atoms with Gasteiger partial charge in [-0.05, 0) is 36.8 Å². The van der Waals surface area contributed by atoms with Gasteiger partial charge in [-0.3, -0.25) is 4.79 Å². The highest BCUT2D eigenvalue weighted by Gasteiger charge is 2.40. The normalized spacial score (nSPS) is 13.2. The van der Waals surface area contributed by atoms with Gasteiger partial charge in [0.25, 0.3) is 0 Å². The van der Waals surface area contributed by atoms with E-state index in [0.717, 1.165) is 5.56 Å². The summed E-state index contributed by atoms with van der Waals surface area (Å²) in [7, 11) is -3.41. The Kier molecular flexibility index (Phi) is 5.61. The van der Waals surface area contributed by atoms with Crippen molar-refractivity contribution in [1.82, 2.24) is 0 Å². The zero-order chi connectivity index (χ0) is 17.2. The smallest absolute Gasteiger partial charge is 0.162 e. The fraction of sp³-hybridized carbons (Fsp3) is 0.611. The summed E-state index contributed by atoms with van der Waals surface area (Å²) in [6, 6.07) is 7.86. The van der Waals surface area contributed by atoms with Gasteiger partial charge in [0.1, 0.15) is 4.75 Å². The molecule has 0 aromatic heterocycles. The Balaban J connectivity index is 2.93. The van der Waals surface area contributed by atoms with Crippen molar-refractivity contribution in [2.24, 2.45) is 0 Å². The first kappa shape index (κ1) is 18.9. The predicted molar refractivity (Wildman–Crippen MR) is 92.0 cm³/mol. The molecule has 0 heterocycles. The summed E-state index contributed by atoms with van der Waals surface area (Å²) in [5.41, 5.74) is 2.12. The molecule has 0 unspecified atom stereocenters. The molecular weight excluding hydrogens is 296 g/mol. The van der Waals surface area contributed by atoms with E-state index in [1.807, 2.05) is 31.2 Å². The van der Waals surface area contributed by atoms with E-state index in [4.69, 9.17) is 0 Å². The summed E-state index contributed by atoms with van der Waals surface area (Å²) in [6.45, 7) is 11.2. The average Bonchev–Trinajstić information content (AvgIpc) is 2.37. The van der Waals surface area contributed by atoms with Gasteiger partial charge in [0.05, 0.1) is 5.75 Å². The van der Waals surface area contributed by atoms with Crippen LogP contribution in [-0.4, -0.2) is 24.7 Å². The summed E-state index contributed by atoms with van der Waals surface area (Å²) < 4.78 is 23.2. The number of carbonyl (C=O) groups is 1. The topological polar surface area (TPSA) is 51.2 Å². The average molecular weight is 324 g/mol. The van der Waals surface area contributed by atoms with Crippen LogP contribution in [-0.2, 0) is 26.5 Å². The molecule has 0 N–H and O–H groups in total. The maximum Gasteiger partial charge on any atom is 0.162 e. The lowest BCUT2D eigenvalue weighted by atomic mass is 9.86. The van der Waals surface area contributed by atoms with Crippen LogP contribution in [0.25, 0.3) is 0 Å². The summed E-state index contributed by atoms with van der Waals surface area (Å²) in [6.07, 6.45) is 0.680. The summed E-state index contributed by atoms with van der Waals surface area (Å²) in [5, 5.41) is 0. The quantitative estimate of drug-likeness (QED) is 0.801. The van der Waals surface area contributed by atoms with E-state index >= 15 is 0 Å². The molecule has 4 heteroatoms. The maximum atomic E-state index is 12.5. The van der Waals surface area contributed by atoms with E-state index in [-0.39, 0.29) is 23.4 Å². The molecule has 1 aromatic rings. The van der Waals surface area contributed by atoms with Crippen LogP contribution in [0, 0.1) is 0 Å². The van der Waals surface area contributed by atoms with Gasteiger partial charge in [-0.1, -0.05) is 52.0 Å². The Morgan fingerprint density at radius 1 is 1.00 bits per heavy atom. The summed E-state index contributed by atoms with van der Waals surface area (Å²) in [5.74, 6) is -0.196. The minimum absolute atomic E-state index is 0.0503. The molecule has 0 aliphatic rings. The van der Waals surface area contributed by atoms with E-state index in [1.165, 1.54) is 19.4 Å². The van der Waals surface area contributed by atoms with Crippen LogP contribution in [0.15, 0.2) is 24.3 Å². The van der Waals surface area contributed by atoms with Crippen molar-refractivity contribution >= 4 is 15.6 Å². The minimum atomic E-state index is -3.41. The third-order valence-corrected chi connectivity index (χ3v) is 6.83. The van der Waals surface area contributed by atoms with E-state index in [1.54, 1.807) is 0 Å². The number of sulfone groups is 1. The molecule has 0 atom stereocenters. The number of hydrogen-bond donors (Lipinski definition) is 0. The van der Waals surface area contributed by atoms with E-state index in [2.05, 4.69) is 20.8 Å². The molecule has 22 heavy (non-hydrogen) atoms. The molecule has 124 valence electrons. The molecule has 0 spiro atoms. The highest BCUT2D eigenvalue weighted by Crippen LogP contribution is 2.24. The Bertz CT molecular complexity index is 617. The molecule has 0 saturated heterocycles. The van der Waals surface area contributed by atoms with Crippen molar-refractivity contribution in [3.8, 4) is 0 Å². The number of carbonyl (C=O) groups excluding carboxylic acids is 1. The Labute approximate surface area is 135 Å². The summed E-state index contributed by atoms with van der Waals surface area (Å²) in [4.78, 5) is 12.5. The number of Topliss-reactive ketones (excluding diaryl/α,β-unsaturated/α-hetero) is 1. The second-order valence-electron chi connectivity index (χ2n) is 7.38. The molecule has 0 radical (unpaired) electrons. The lowest BCUT2D eigenvalue weighted by Gasteiger charge is -2.23. The van der Waals surface area contributed by atoms with Crippen LogP contribution in [0.1, 0.15) is 59.1 Å². The van der Waals surface area contributed by atoms with Crippen molar-refractivity contribution in [2.75, 3.05) is 5.75 Å². The van der Waals surface area contributed by atoms with Crippen molar-refractivity contribution < 1.29 is 13.2 Å². The van der Waals surface area contributed by atoms with Crippen LogP contribution in [0.2, 0.25) is 0 Å². The zero-order valence-corrected chi connectivity index (χ0v) is 15.4. The highest BCUT2D eigenvalue weighted by molar-refractivity contribution is 7.93. The first-order valence-corrected chi connectivity index (χ1v) is 9.42. The van der Waals surface area contributed by atoms with Gasteiger partial charge in [-0.25, -0.2) is 8.42 Å². The molecule has 3 nitrogen and oxygen atoms in total. The molecule has 1 rings (SSSR count). The SMILES string of the molecule is CCCS(=O)(=O)C(C)(C)C(=O)Cc1ccc(C(C)(C)C)cc1. The third-order valence-electron chi connectivity index (χ3n) is 4.11. The van der Waals surface area contributed by atoms with Gasteiger partial charge in [0.2, 0.25) is 0 Å². The second-order valence-corrected chi connectivity index (χ2v) is 10.0. The highest BCUT2D eigenvalue weighted by atomic mass is 32.2. The van der Waals surface area contributed by atoms with E-state index in [0.29, 0.717) is 6.42 Å². The number of ketones is 1. The Hall–Kier alpha value is -1.16. The number of hydrogen-bond acceptors (Lipinski definition) is 3. The largest absolute Gasteiger partial charge is 0.298 e. The lowest BCUT2D eigenvalue weighted by molar-refractivity contribution is -0.120. The number of rotatable bonds is 6. The molecule has 0 bridgehead atoms. The van der Waals surface area contributed by atoms with E-state index < -0.39 is 14.6 Å². The summed E-state index contributed by atoms with van der Waals surface area (Å²) >= 11 is 0. The molecule has 0 fully saturated rings. The first-order valence-electron chi connectivity index (χ1n) is 7.77. The molecule has 0 aliphatic heterocycles. The van der Waals surface area contributed by atoms with Gasteiger partial charge in [0.15, 0.2) is 15.6 Å². The van der Waals surface area contributed by atoms with Crippen molar-refractivity contribution in [2.45, 2.75) is 64.5 Å². The van der Waals surface area contributed by atoms with Gasteiger partial charge in [0, 0.05) is 6.42 Å². The van der Waals surface area contributed by atoms with Crippen molar-refractivity contribution in [1.29, 1.82) is 0 Å². The fourth-order valence-electron chi connectivity index (χ4n) is 2.22. The number of benzene rings is 1. The van der Waals surface area contributed by atoms with Gasteiger partial charge in [-0.15, -0.1) is 0 Å². The fourth-order valence-corrected chi connectivity index (χ4v) is 3.68. The first-order chi connectivity index (χ1) is 9.91. The lowest BCUT2D eigenvalue weighted by Crippen LogP contribution is -2.43. The van der Waals surface area contributed by atoms with Gasteiger partial charge in [-0.2, -0.15) is 0 Å². The Morgan fingerprint density at radius 2 is 1.50 bits per heavy atom. The van der Waals surface area contributed by atoms with Crippen LogP contribution < -0.4 is 0 Å². The van der Waals surface area contributed by atoms with Crippen molar-refractivity contribution in [3.05, 3.63) is 35.4 Å².